The number of carbonyl (C=O) groups excluding carboxylic acids is 1. The fraction of sp³-hybridized carbons (Fsp3) is 0.125. The van der Waals surface area contributed by atoms with Gasteiger partial charge in [-0.3, -0.25) is 4.79 Å². The molecule has 6 heteroatoms. The second-order valence-electron chi connectivity index (χ2n) is 4.45. The van der Waals surface area contributed by atoms with Crippen LogP contribution in [0.2, 0.25) is 5.02 Å². The molecule has 114 valence electrons. The van der Waals surface area contributed by atoms with Crippen LogP contribution in [0.1, 0.15) is 12.5 Å². The summed E-state index contributed by atoms with van der Waals surface area (Å²) in [6.45, 7) is 1.41. The Balaban J connectivity index is 1.88. The number of halogens is 2. The van der Waals surface area contributed by atoms with Crippen LogP contribution in [0.25, 0.3) is 0 Å². The van der Waals surface area contributed by atoms with Crippen molar-refractivity contribution in [3.8, 4) is 5.75 Å². The zero-order chi connectivity index (χ0) is 15.9. The van der Waals surface area contributed by atoms with E-state index in [0.29, 0.717) is 22.0 Å². The van der Waals surface area contributed by atoms with Crippen molar-refractivity contribution in [1.29, 1.82) is 0 Å². The van der Waals surface area contributed by atoms with Gasteiger partial charge in [0.05, 0.1) is 5.71 Å². The summed E-state index contributed by atoms with van der Waals surface area (Å²) in [5, 5.41) is 4.44. The summed E-state index contributed by atoms with van der Waals surface area (Å²) in [4.78, 5) is 11.6. The predicted molar refractivity (Wildman–Crippen MR) is 83.7 cm³/mol. The first kappa shape index (κ1) is 16.0. The largest absolute Gasteiger partial charge is 0.484 e. The first-order valence-corrected chi connectivity index (χ1v) is 6.90. The molecular weight excluding hydrogens is 307 g/mol. The van der Waals surface area contributed by atoms with Gasteiger partial charge in [-0.15, -0.1) is 0 Å². The lowest BCUT2D eigenvalue weighted by molar-refractivity contribution is -0.123. The molecule has 0 heterocycles. The second-order valence-corrected chi connectivity index (χ2v) is 4.89. The van der Waals surface area contributed by atoms with E-state index in [1.54, 1.807) is 49.4 Å². The molecule has 0 unspecified atom stereocenters. The standard InChI is InChI=1S/C16H14ClFN2O2/c1-11(14-4-2-3-5-15(14)18)19-20-16(21)10-22-13-8-6-12(17)7-9-13/h2-9H,10H2,1H3,(H,20,21)/b19-11-. The van der Waals surface area contributed by atoms with Crippen LogP contribution in [0, 0.1) is 5.82 Å². The van der Waals surface area contributed by atoms with Crippen molar-refractivity contribution in [3.05, 3.63) is 64.9 Å². The van der Waals surface area contributed by atoms with Gasteiger partial charge in [0.2, 0.25) is 0 Å². The Morgan fingerprint density at radius 2 is 1.91 bits per heavy atom. The van der Waals surface area contributed by atoms with Crippen molar-refractivity contribution in [2.45, 2.75) is 6.92 Å². The maximum atomic E-state index is 13.5. The zero-order valence-electron chi connectivity index (χ0n) is 11.8. The van der Waals surface area contributed by atoms with Crippen LogP contribution < -0.4 is 10.2 Å². The lowest BCUT2D eigenvalue weighted by atomic mass is 10.1. The highest BCUT2D eigenvalue weighted by atomic mass is 35.5. The number of hydrogen-bond acceptors (Lipinski definition) is 3. The maximum Gasteiger partial charge on any atom is 0.277 e. The normalized spacial score (nSPS) is 11.1. The minimum Gasteiger partial charge on any atom is -0.484 e. The van der Waals surface area contributed by atoms with Crippen LogP contribution in [0.5, 0.6) is 5.75 Å². The molecule has 1 amide bonds. The molecule has 1 N–H and O–H groups in total. The summed E-state index contributed by atoms with van der Waals surface area (Å²) in [7, 11) is 0. The number of ether oxygens (including phenoxy) is 1. The number of nitrogens with one attached hydrogen (secondary N) is 1. The molecule has 0 radical (unpaired) electrons. The van der Waals surface area contributed by atoms with Gasteiger partial charge >= 0.3 is 0 Å². The molecule has 0 fully saturated rings. The van der Waals surface area contributed by atoms with E-state index in [1.807, 2.05) is 0 Å². The summed E-state index contributed by atoms with van der Waals surface area (Å²) in [5.41, 5.74) is 3.03. The molecule has 0 aliphatic carbocycles. The van der Waals surface area contributed by atoms with Crippen LogP contribution in [-0.4, -0.2) is 18.2 Å². The number of hydrazone groups is 1. The Bertz CT molecular complexity index is 687. The highest BCUT2D eigenvalue weighted by molar-refractivity contribution is 6.30. The first-order valence-electron chi connectivity index (χ1n) is 6.52. The van der Waals surface area contributed by atoms with Crippen LogP contribution in [0.15, 0.2) is 53.6 Å². The minimum absolute atomic E-state index is 0.199. The SMILES string of the molecule is C/C(=N/NC(=O)COc1ccc(Cl)cc1)c1ccccc1F. The van der Waals surface area contributed by atoms with Gasteiger partial charge in [-0.1, -0.05) is 29.8 Å². The molecular formula is C16H14ClFN2O2. The fourth-order valence-corrected chi connectivity index (χ4v) is 1.80. The molecule has 0 spiro atoms. The van der Waals surface area contributed by atoms with Gasteiger partial charge in [0, 0.05) is 10.6 Å². The summed E-state index contributed by atoms with van der Waals surface area (Å²) in [6.07, 6.45) is 0. The lowest BCUT2D eigenvalue weighted by Gasteiger charge is -2.06. The van der Waals surface area contributed by atoms with Gasteiger partial charge in [-0.2, -0.15) is 5.10 Å². The van der Waals surface area contributed by atoms with Crippen LogP contribution in [0.4, 0.5) is 4.39 Å². The van der Waals surface area contributed by atoms with E-state index in [4.69, 9.17) is 16.3 Å². The Labute approximate surface area is 132 Å². The Morgan fingerprint density at radius 3 is 2.59 bits per heavy atom. The molecule has 0 saturated carbocycles. The number of amides is 1. The molecule has 0 aromatic heterocycles. The smallest absolute Gasteiger partial charge is 0.277 e. The van der Waals surface area contributed by atoms with E-state index < -0.39 is 11.7 Å². The molecule has 4 nitrogen and oxygen atoms in total. The lowest BCUT2D eigenvalue weighted by Crippen LogP contribution is -2.25. The van der Waals surface area contributed by atoms with Crippen LogP contribution in [0.3, 0.4) is 0 Å². The van der Waals surface area contributed by atoms with Gasteiger partial charge < -0.3 is 4.74 Å². The molecule has 0 atom stereocenters. The van der Waals surface area contributed by atoms with Crippen molar-refractivity contribution in [2.75, 3.05) is 6.61 Å². The molecule has 22 heavy (non-hydrogen) atoms. The van der Waals surface area contributed by atoms with E-state index in [1.165, 1.54) is 6.07 Å². The van der Waals surface area contributed by atoms with Gasteiger partial charge in [0.25, 0.3) is 5.91 Å². The van der Waals surface area contributed by atoms with Crippen molar-refractivity contribution < 1.29 is 13.9 Å². The Morgan fingerprint density at radius 1 is 1.23 bits per heavy atom. The van der Waals surface area contributed by atoms with Gasteiger partial charge in [-0.05, 0) is 37.3 Å². The van der Waals surface area contributed by atoms with E-state index in [2.05, 4.69) is 10.5 Å². The molecule has 0 aliphatic rings. The minimum atomic E-state index is -0.439. The maximum absolute atomic E-state index is 13.5. The number of nitrogens with zero attached hydrogens (tertiary/aromatic N) is 1. The molecule has 0 aliphatic heterocycles. The van der Waals surface area contributed by atoms with Crippen molar-refractivity contribution >= 4 is 23.2 Å². The number of rotatable bonds is 5. The highest BCUT2D eigenvalue weighted by Crippen LogP contribution is 2.15. The molecule has 2 rings (SSSR count). The van der Waals surface area contributed by atoms with E-state index in [-0.39, 0.29) is 6.61 Å². The Kier molecular flexibility index (Phi) is 5.49. The topological polar surface area (TPSA) is 50.7 Å². The van der Waals surface area contributed by atoms with Crippen LogP contribution >= 0.6 is 11.6 Å². The fourth-order valence-electron chi connectivity index (χ4n) is 1.67. The van der Waals surface area contributed by atoms with Crippen molar-refractivity contribution in [2.24, 2.45) is 5.10 Å². The average molecular weight is 321 g/mol. The molecule has 2 aromatic rings. The second kappa shape index (κ2) is 7.56. The van der Waals surface area contributed by atoms with E-state index >= 15 is 0 Å². The third-order valence-corrected chi connectivity index (χ3v) is 3.05. The number of benzene rings is 2. The summed E-state index contributed by atoms with van der Waals surface area (Å²) >= 11 is 5.75. The highest BCUT2D eigenvalue weighted by Gasteiger charge is 2.06. The molecule has 0 saturated heterocycles. The summed E-state index contributed by atoms with van der Waals surface area (Å²) in [6, 6.07) is 12.8. The number of hydrogen-bond donors (Lipinski definition) is 1. The predicted octanol–water partition coefficient (Wildman–Crippen LogP) is 3.40. The third-order valence-electron chi connectivity index (χ3n) is 2.80. The summed E-state index contributed by atoms with van der Waals surface area (Å²) < 4.78 is 18.8. The first-order chi connectivity index (χ1) is 10.6. The number of carbonyl (C=O) groups is 1. The van der Waals surface area contributed by atoms with Crippen LogP contribution in [-0.2, 0) is 4.79 Å². The monoisotopic (exact) mass is 320 g/mol. The molecule has 0 bridgehead atoms. The third kappa shape index (κ3) is 4.56. The van der Waals surface area contributed by atoms with Crippen molar-refractivity contribution in [3.63, 3.8) is 0 Å². The van der Waals surface area contributed by atoms with Gasteiger partial charge in [0.15, 0.2) is 6.61 Å². The Hall–Kier alpha value is -2.40. The van der Waals surface area contributed by atoms with Crippen molar-refractivity contribution in [1.82, 2.24) is 5.43 Å². The van der Waals surface area contributed by atoms with Gasteiger partial charge in [-0.25, -0.2) is 9.82 Å². The summed E-state index contributed by atoms with van der Waals surface area (Å²) in [5.74, 6) is -0.310. The zero-order valence-corrected chi connectivity index (χ0v) is 12.6. The molecule has 2 aromatic carbocycles. The van der Waals surface area contributed by atoms with Gasteiger partial charge in [0.1, 0.15) is 11.6 Å². The van der Waals surface area contributed by atoms with E-state index in [0.717, 1.165) is 0 Å². The van der Waals surface area contributed by atoms with E-state index in [9.17, 15) is 9.18 Å². The quantitative estimate of drug-likeness (QED) is 0.678. The average Bonchev–Trinajstić information content (AvgIpc) is 2.52.